The van der Waals surface area contributed by atoms with E-state index in [4.69, 9.17) is 0 Å². The number of benzene rings is 1. The number of alkyl halides is 3. The van der Waals surface area contributed by atoms with Crippen molar-refractivity contribution in [1.29, 1.82) is 0 Å². The molecular formula is C17H10F3N5O2S. The summed E-state index contributed by atoms with van der Waals surface area (Å²) < 4.78 is 43.4. The number of para-hydroxylation sites is 1. The number of halogens is 3. The van der Waals surface area contributed by atoms with Crippen molar-refractivity contribution in [1.82, 2.24) is 19.6 Å². The third-order valence-corrected chi connectivity index (χ3v) is 4.30. The molecule has 0 bridgehead atoms. The Morgan fingerprint density at radius 3 is 2.75 bits per heavy atom. The van der Waals surface area contributed by atoms with Crippen LogP contribution in [0.25, 0.3) is 17.0 Å². The molecule has 0 aliphatic carbocycles. The van der Waals surface area contributed by atoms with Gasteiger partial charge in [-0.05, 0) is 24.3 Å². The molecule has 1 N–H and O–H groups in total. The number of carbonyl (C=O) groups excluding carboxylic acids is 1. The maximum Gasteiger partial charge on any atom is 0.573 e. The number of fused-ring (bicyclic) bond motifs is 1. The molecule has 0 fully saturated rings. The molecule has 11 heteroatoms. The molecule has 0 spiro atoms. The molecular weight excluding hydrogens is 395 g/mol. The van der Waals surface area contributed by atoms with Gasteiger partial charge in [-0.1, -0.05) is 12.1 Å². The van der Waals surface area contributed by atoms with Crippen molar-refractivity contribution in [3.63, 3.8) is 0 Å². The summed E-state index contributed by atoms with van der Waals surface area (Å²) in [6, 6.07) is 8.65. The van der Waals surface area contributed by atoms with E-state index in [0.29, 0.717) is 5.13 Å². The Hall–Kier alpha value is -3.47. The molecule has 7 nitrogen and oxygen atoms in total. The Kier molecular flexibility index (Phi) is 4.43. The Morgan fingerprint density at radius 2 is 2.00 bits per heavy atom. The van der Waals surface area contributed by atoms with Crippen molar-refractivity contribution < 1.29 is 22.7 Å². The second-order valence-electron chi connectivity index (χ2n) is 5.46. The second-order valence-corrected chi connectivity index (χ2v) is 6.36. The number of anilines is 1. The minimum absolute atomic E-state index is 0.00523. The monoisotopic (exact) mass is 405 g/mol. The average Bonchev–Trinajstić information content (AvgIpc) is 3.29. The fourth-order valence-corrected chi connectivity index (χ4v) is 3.04. The van der Waals surface area contributed by atoms with Gasteiger partial charge in [-0.2, -0.15) is 0 Å². The van der Waals surface area contributed by atoms with Gasteiger partial charge in [0.2, 0.25) is 0 Å². The molecule has 142 valence electrons. The SMILES string of the molecule is O=C(Nc1nccs1)c1cccn2nc(-c3ccccc3OC(F)(F)F)nc12. The summed E-state index contributed by atoms with van der Waals surface area (Å²) in [5, 5.41) is 8.94. The number of hydrogen-bond donors (Lipinski definition) is 1. The van der Waals surface area contributed by atoms with Gasteiger partial charge >= 0.3 is 6.36 Å². The Labute approximate surface area is 159 Å². The number of carbonyl (C=O) groups is 1. The number of hydrogen-bond acceptors (Lipinski definition) is 6. The van der Waals surface area contributed by atoms with Crippen molar-refractivity contribution in [3.8, 4) is 17.1 Å². The lowest BCUT2D eigenvalue weighted by atomic mass is 10.2. The predicted molar refractivity (Wildman–Crippen MR) is 95.2 cm³/mol. The van der Waals surface area contributed by atoms with Crippen molar-refractivity contribution in [3.05, 3.63) is 59.7 Å². The van der Waals surface area contributed by atoms with Gasteiger partial charge in [0.1, 0.15) is 5.75 Å². The van der Waals surface area contributed by atoms with Gasteiger partial charge in [0, 0.05) is 17.8 Å². The number of nitrogens with one attached hydrogen (secondary N) is 1. The molecule has 0 atom stereocenters. The lowest BCUT2D eigenvalue weighted by Gasteiger charge is -2.11. The first-order valence-electron chi connectivity index (χ1n) is 7.82. The van der Waals surface area contributed by atoms with Crippen LogP contribution in [-0.4, -0.2) is 31.9 Å². The van der Waals surface area contributed by atoms with Gasteiger partial charge in [0.25, 0.3) is 5.91 Å². The molecule has 28 heavy (non-hydrogen) atoms. The van der Waals surface area contributed by atoms with E-state index < -0.39 is 18.0 Å². The maximum atomic E-state index is 12.7. The first-order valence-corrected chi connectivity index (χ1v) is 8.70. The summed E-state index contributed by atoms with van der Waals surface area (Å²) in [6.07, 6.45) is -1.76. The first kappa shape index (κ1) is 17.9. The summed E-state index contributed by atoms with van der Waals surface area (Å²) in [5.74, 6) is -0.895. The molecule has 0 unspecified atom stereocenters. The van der Waals surface area contributed by atoms with Gasteiger partial charge in [0.15, 0.2) is 16.6 Å². The molecule has 0 radical (unpaired) electrons. The number of pyridine rings is 1. The van der Waals surface area contributed by atoms with Crippen LogP contribution in [-0.2, 0) is 0 Å². The fourth-order valence-electron chi connectivity index (χ4n) is 2.51. The van der Waals surface area contributed by atoms with E-state index in [1.165, 1.54) is 40.1 Å². The van der Waals surface area contributed by atoms with Crippen LogP contribution < -0.4 is 10.1 Å². The summed E-state index contributed by atoms with van der Waals surface area (Å²) >= 11 is 1.25. The molecule has 0 saturated heterocycles. The first-order chi connectivity index (χ1) is 13.4. The summed E-state index contributed by atoms with van der Waals surface area (Å²) in [6.45, 7) is 0. The molecule has 4 aromatic rings. The van der Waals surface area contributed by atoms with E-state index in [2.05, 4.69) is 25.1 Å². The lowest BCUT2D eigenvalue weighted by Crippen LogP contribution is -2.17. The summed E-state index contributed by atoms with van der Waals surface area (Å²) in [4.78, 5) is 20.8. The van der Waals surface area contributed by atoms with Crippen LogP contribution in [0, 0.1) is 0 Å². The minimum atomic E-state index is -4.85. The van der Waals surface area contributed by atoms with E-state index in [1.807, 2.05) is 0 Å². The highest BCUT2D eigenvalue weighted by Gasteiger charge is 2.32. The zero-order valence-electron chi connectivity index (χ0n) is 13.8. The van der Waals surface area contributed by atoms with Crippen molar-refractivity contribution in [2.75, 3.05) is 5.32 Å². The number of amides is 1. The Bertz CT molecular complexity index is 1140. The van der Waals surface area contributed by atoms with Crippen molar-refractivity contribution in [2.45, 2.75) is 6.36 Å². The highest BCUT2D eigenvalue weighted by Crippen LogP contribution is 2.32. The standard InChI is InChI=1S/C17H10F3N5O2S/c18-17(19,20)27-12-6-2-1-4-10(12)13-22-14-11(5-3-8-25(14)24-13)15(26)23-16-21-7-9-28-16/h1-9H,(H,21,23,26). The quantitative estimate of drug-likeness (QED) is 0.555. The van der Waals surface area contributed by atoms with Crippen molar-refractivity contribution >= 4 is 28.0 Å². The zero-order valence-corrected chi connectivity index (χ0v) is 14.7. The van der Waals surface area contributed by atoms with E-state index in [9.17, 15) is 18.0 Å². The minimum Gasteiger partial charge on any atom is -0.405 e. The molecule has 1 aromatic carbocycles. The van der Waals surface area contributed by atoms with Gasteiger partial charge < -0.3 is 4.74 Å². The number of nitrogens with zero attached hydrogens (tertiary/aromatic N) is 4. The van der Waals surface area contributed by atoms with E-state index in [1.54, 1.807) is 29.9 Å². The lowest BCUT2D eigenvalue weighted by molar-refractivity contribution is -0.274. The Balaban J connectivity index is 1.75. The van der Waals surface area contributed by atoms with Crippen LogP contribution in [0.3, 0.4) is 0 Å². The van der Waals surface area contributed by atoms with Gasteiger partial charge in [-0.25, -0.2) is 14.5 Å². The second kappa shape index (κ2) is 6.93. The fraction of sp³-hybridized carbons (Fsp3) is 0.0588. The number of aromatic nitrogens is 4. The molecule has 0 saturated carbocycles. The largest absolute Gasteiger partial charge is 0.573 e. The third-order valence-electron chi connectivity index (χ3n) is 3.61. The van der Waals surface area contributed by atoms with Crippen LogP contribution in [0.2, 0.25) is 0 Å². The highest BCUT2D eigenvalue weighted by atomic mass is 32.1. The number of thiazole rings is 1. The van der Waals surface area contributed by atoms with Crippen LogP contribution in [0.15, 0.2) is 54.2 Å². The van der Waals surface area contributed by atoms with E-state index in [-0.39, 0.29) is 22.6 Å². The van der Waals surface area contributed by atoms with Crippen molar-refractivity contribution in [2.24, 2.45) is 0 Å². The average molecular weight is 405 g/mol. The summed E-state index contributed by atoms with van der Waals surface area (Å²) in [7, 11) is 0. The van der Waals surface area contributed by atoms with Crippen LogP contribution >= 0.6 is 11.3 Å². The molecule has 0 aliphatic rings. The third kappa shape index (κ3) is 3.64. The van der Waals surface area contributed by atoms with Gasteiger partial charge in [-0.15, -0.1) is 29.6 Å². The highest BCUT2D eigenvalue weighted by molar-refractivity contribution is 7.13. The van der Waals surface area contributed by atoms with E-state index >= 15 is 0 Å². The normalized spacial score (nSPS) is 11.5. The Morgan fingerprint density at radius 1 is 1.18 bits per heavy atom. The molecule has 0 aliphatic heterocycles. The maximum absolute atomic E-state index is 12.7. The topological polar surface area (TPSA) is 81.4 Å². The molecule has 1 amide bonds. The van der Waals surface area contributed by atoms with Gasteiger partial charge in [-0.3, -0.25) is 10.1 Å². The zero-order chi connectivity index (χ0) is 19.7. The molecule has 3 heterocycles. The van der Waals surface area contributed by atoms with Gasteiger partial charge in [0.05, 0.1) is 11.1 Å². The predicted octanol–water partition coefficient (Wildman–Crippen LogP) is 4.00. The van der Waals surface area contributed by atoms with Crippen LogP contribution in [0.1, 0.15) is 10.4 Å². The summed E-state index contributed by atoms with van der Waals surface area (Å²) in [5.41, 5.74) is 0.439. The smallest absolute Gasteiger partial charge is 0.405 e. The number of rotatable bonds is 4. The van der Waals surface area contributed by atoms with Crippen LogP contribution in [0.4, 0.5) is 18.3 Å². The van der Waals surface area contributed by atoms with Crippen LogP contribution in [0.5, 0.6) is 5.75 Å². The molecule has 4 rings (SSSR count). The van der Waals surface area contributed by atoms with E-state index in [0.717, 1.165) is 0 Å². The number of ether oxygens (including phenoxy) is 1. The molecule has 3 aromatic heterocycles.